The molecule has 0 bridgehead atoms. The number of anilines is 2. The first-order chi connectivity index (χ1) is 19.9. The number of amides is 1. The third kappa shape index (κ3) is 8.01. The van der Waals surface area contributed by atoms with Gasteiger partial charge in [-0.1, -0.05) is 6.92 Å². The summed E-state index contributed by atoms with van der Waals surface area (Å²) in [4.78, 5) is 38.5. The van der Waals surface area contributed by atoms with Gasteiger partial charge >= 0.3 is 12.1 Å². The number of piperidine rings is 1. The maximum absolute atomic E-state index is 13.9. The van der Waals surface area contributed by atoms with E-state index in [1.165, 1.54) is 24.5 Å². The van der Waals surface area contributed by atoms with Crippen LogP contribution in [0.2, 0.25) is 0 Å². The van der Waals surface area contributed by atoms with E-state index in [1.54, 1.807) is 6.92 Å². The lowest BCUT2D eigenvalue weighted by atomic mass is 9.93. The fourth-order valence-corrected chi connectivity index (χ4v) is 4.79. The topological polar surface area (TPSA) is 130 Å². The van der Waals surface area contributed by atoms with Gasteiger partial charge in [0.1, 0.15) is 18.2 Å². The highest BCUT2D eigenvalue weighted by Gasteiger charge is 2.45. The monoisotopic (exact) mass is 600 g/mol. The van der Waals surface area contributed by atoms with Crippen LogP contribution < -0.4 is 10.6 Å². The van der Waals surface area contributed by atoms with Gasteiger partial charge in [-0.25, -0.2) is 18.6 Å². The number of hydrogen-bond donors (Lipinski definition) is 3. The summed E-state index contributed by atoms with van der Waals surface area (Å²) in [6.45, 7) is 1.50. The number of alkyl halides is 5. The van der Waals surface area contributed by atoms with Gasteiger partial charge in [0.15, 0.2) is 6.23 Å². The molecule has 1 aliphatic carbocycles. The Morgan fingerprint density at radius 3 is 2.52 bits per heavy atom. The largest absolute Gasteiger partial charge is 0.491 e. The van der Waals surface area contributed by atoms with Crippen LogP contribution in [-0.2, 0) is 9.53 Å². The molecule has 3 N–H and O–H groups in total. The molecule has 1 amide bonds. The summed E-state index contributed by atoms with van der Waals surface area (Å²) in [6.07, 6.45) is -5.00. The number of pyridine rings is 1. The minimum Gasteiger partial charge on any atom is -0.435 e. The summed E-state index contributed by atoms with van der Waals surface area (Å²) >= 11 is 0. The van der Waals surface area contributed by atoms with Crippen molar-refractivity contribution in [2.75, 3.05) is 23.7 Å². The van der Waals surface area contributed by atoms with Gasteiger partial charge < -0.3 is 25.4 Å². The number of aromatic nitrogens is 3. The average molecular weight is 601 g/mol. The third-order valence-corrected chi connectivity index (χ3v) is 7.26. The maximum atomic E-state index is 13.9. The highest BCUT2D eigenvalue weighted by molar-refractivity contribution is 5.94. The van der Waals surface area contributed by atoms with Gasteiger partial charge in [-0.2, -0.15) is 18.2 Å². The molecule has 0 spiro atoms. The van der Waals surface area contributed by atoms with E-state index in [-0.39, 0.29) is 43.2 Å². The predicted molar refractivity (Wildman–Crippen MR) is 142 cm³/mol. The Bertz CT molecular complexity index is 1230. The van der Waals surface area contributed by atoms with Crippen molar-refractivity contribution in [2.24, 2.45) is 0 Å². The molecule has 230 valence electrons. The van der Waals surface area contributed by atoms with Gasteiger partial charge in [0, 0.05) is 37.9 Å². The fraction of sp³-hybridized carbons (Fsp3) is 0.593. The number of halogens is 5. The normalized spacial score (nSPS) is 23.6. The molecule has 1 saturated carbocycles. The quantitative estimate of drug-likeness (QED) is 0.283. The molecule has 4 rings (SSSR count). The van der Waals surface area contributed by atoms with Crippen LogP contribution in [-0.4, -0.2) is 86.8 Å². The van der Waals surface area contributed by atoms with Crippen LogP contribution in [0.1, 0.15) is 62.2 Å². The lowest BCUT2D eigenvalue weighted by Crippen LogP contribution is -2.50. The second-order valence-corrected chi connectivity index (χ2v) is 10.4. The minimum absolute atomic E-state index is 0.00680. The van der Waals surface area contributed by atoms with Crippen molar-refractivity contribution in [1.29, 1.82) is 0 Å². The summed E-state index contributed by atoms with van der Waals surface area (Å²) in [5, 5.41) is 16.1. The molecule has 2 unspecified atom stereocenters. The van der Waals surface area contributed by atoms with Gasteiger partial charge in [0.25, 0.3) is 5.91 Å². The number of ether oxygens (including phenoxy) is 1. The molecule has 0 radical (unpaired) electrons. The number of carbonyl (C=O) groups is 2. The number of nitrogens with zero attached hydrogens (tertiary/aromatic N) is 4. The molecule has 1 saturated heterocycles. The van der Waals surface area contributed by atoms with Crippen molar-refractivity contribution in [3.05, 3.63) is 30.1 Å². The highest BCUT2D eigenvalue weighted by atomic mass is 19.4. The van der Waals surface area contributed by atoms with E-state index in [4.69, 9.17) is 0 Å². The van der Waals surface area contributed by atoms with Crippen molar-refractivity contribution >= 4 is 23.6 Å². The molecule has 2 aromatic heterocycles. The van der Waals surface area contributed by atoms with Crippen LogP contribution in [0, 0.1) is 0 Å². The van der Waals surface area contributed by atoms with Crippen LogP contribution in [0.25, 0.3) is 11.3 Å². The van der Waals surface area contributed by atoms with Crippen LogP contribution in [0.15, 0.2) is 24.5 Å². The standard InChI is InChI=1S/C27H33F5N6O4/c1-2-16(28)13-34-26-35-14-20(23(37-26)36-18-4-6-19(39)7-5-18)21-8-3-15(12-33-21)24(40)38-10-9-17(29)11-22(38)42-25(41)27(30,31)32/h3,8,12,14,16-19,22,39H,2,4-7,9-11,13H2,1H3,(H2,34,35,36,37)/t16-,17?,18?,19?,22?/m0/s1. The summed E-state index contributed by atoms with van der Waals surface area (Å²) in [7, 11) is 0. The van der Waals surface area contributed by atoms with Crippen LogP contribution in [0.3, 0.4) is 0 Å². The number of aliphatic hydroxyl groups excluding tert-OH is 1. The molecule has 0 aromatic carbocycles. The summed E-state index contributed by atoms with van der Waals surface area (Å²) < 4.78 is 70.4. The van der Waals surface area contributed by atoms with Crippen molar-refractivity contribution in [3.8, 4) is 11.3 Å². The Morgan fingerprint density at radius 1 is 1.14 bits per heavy atom. The van der Waals surface area contributed by atoms with Crippen LogP contribution in [0.5, 0.6) is 0 Å². The zero-order valence-electron chi connectivity index (χ0n) is 22.9. The first kappa shape index (κ1) is 31.3. The van der Waals surface area contributed by atoms with Gasteiger partial charge in [-0.3, -0.25) is 9.78 Å². The number of carbonyl (C=O) groups excluding carboxylic acids is 2. The molecule has 2 aromatic rings. The second-order valence-electron chi connectivity index (χ2n) is 10.4. The third-order valence-electron chi connectivity index (χ3n) is 7.26. The van der Waals surface area contributed by atoms with Crippen LogP contribution >= 0.6 is 0 Å². The van der Waals surface area contributed by atoms with E-state index in [9.17, 15) is 36.6 Å². The molecule has 1 aliphatic heterocycles. The van der Waals surface area contributed by atoms with E-state index in [0.29, 0.717) is 49.2 Å². The molecular formula is C27H33F5N6O4. The van der Waals surface area contributed by atoms with Gasteiger partial charge in [0.05, 0.1) is 22.9 Å². The first-order valence-corrected chi connectivity index (χ1v) is 13.8. The molecular weight excluding hydrogens is 567 g/mol. The Labute approximate surface area is 239 Å². The van der Waals surface area contributed by atoms with E-state index in [0.717, 1.165) is 4.90 Å². The minimum atomic E-state index is -5.29. The smallest absolute Gasteiger partial charge is 0.435 e. The van der Waals surface area contributed by atoms with E-state index in [1.807, 2.05) is 0 Å². The molecule has 2 fully saturated rings. The lowest BCUT2D eigenvalue weighted by Gasteiger charge is -2.36. The zero-order chi connectivity index (χ0) is 30.4. The van der Waals surface area contributed by atoms with E-state index in [2.05, 4.69) is 30.3 Å². The Kier molecular flexibility index (Phi) is 10.1. The zero-order valence-corrected chi connectivity index (χ0v) is 22.9. The van der Waals surface area contributed by atoms with Crippen LogP contribution in [0.4, 0.5) is 33.7 Å². The Morgan fingerprint density at radius 2 is 1.88 bits per heavy atom. The predicted octanol–water partition coefficient (Wildman–Crippen LogP) is 4.42. The first-order valence-electron chi connectivity index (χ1n) is 13.8. The summed E-state index contributed by atoms with van der Waals surface area (Å²) in [6, 6.07) is 2.91. The van der Waals surface area contributed by atoms with Gasteiger partial charge in [-0.05, 0) is 50.7 Å². The Balaban J connectivity index is 1.54. The molecule has 15 heteroatoms. The highest BCUT2D eigenvalue weighted by Crippen LogP contribution is 2.30. The van der Waals surface area contributed by atoms with Crippen molar-refractivity contribution in [1.82, 2.24) is 19.9 Å². The number of nitrogens with one attached hydrogen (secondary N) is 2. The number of likely N-dealkylation sites (tertiary alicyclic amines) is 1. The summed E-state index contributed by atoms with van der Waals surface area (Å²) in [5.74, 6) is -2.66. The van der Waals surface area contributed by atoms with Crippen molar-refractivity contribution in [2.45, 2.75) is 88.8 Å². The number of rotatable bonds is 9. The number of esters is 1. The number of aliphatic hydroxyl groups is 1. The molecule has 3 atom stereocenters. The SMILES string of the molecule is CC[C@H](F)CNc1ncc(-c2ccc(C(=O)N3CCC(F)CC3OC(=O)C(F)(F)F)cn2)c(NC2CCC(O)CC2)n1. The molecule has 10 nitrogen and oxygen atoms in total. The van der Waals surface area contributed by atoms with Crippen molar-refractivity contribution < 1.29 is 41.4 Å². The maximum Gasteiger partial charge on any atom is 0.491 e. The lowest BCUT2D eigenvalue weighted by molar-refractivity contribution is -0.213. The van der Waals surface area contributed by atoms with Gasteiger partial charge in [0.2, 0.25) is 5.95 Å². The fourth-order valence-electron chi connectivity index (χ4n) is 4.79. The molecule has 2 aliphatic rings. The molecule has 3 heterocycles. The molecule has 42 heavy (non-hydrogen) atoms. The number of hydrogen-bond acceptors (Lipinski definition) is 9. The van der Waals surface area contributed by atoms with Crippen molar-refractivity contribution in [3.63, 3.8) is 0 Å². The van der Waals surface area contributed by atoms with E-state index < -0.39 is 43.0 Å². The van der Waals surface area contributed by atoms with E-state index >= 15 is 0 Å². The average Bonchev–Trinajstić information content (AvgIpc) is 2.96. The Hall–Kier alpha value is -3.62. The summed E-state index contributed by atoms with van der Waals surface area (Å²) in [5.41, 5.74) is 0.844. The second kappa shape index (κ2) is 13.6. The van der Waals surface area contributed by atoms with Gasteiger partial charge in [-0.15, -0.1) is 0 Å².